The zero-order chi connectivity index (χ0) is 18.7. The molecule has 3 rings (SSSR count). The van der Waals surface area contributed by atoms with Crippen LogP contribution in [0.2, 0.25) is 0 Å². The quantitative estimate of drug-likeness (QED) is 0.686. The second-order valence-corrected chi connectivity index (χ2v) is 7.81. The van der Waals surface area contributed by atoms with Crippen LogP contribution in [-0.4, -0.2) is 68.4 Å². The second kappa shape index (κ2) is 7.42. The highest BCUT2D eigenvalue weighted by Crippen LogP contribution is 2.21. The lowest BCUT2D eigenvalue weighted by molar-refractivity contribution is -0.131. The van der Waals surface area contributed by atoms with E-state index in [1.165, 1.54) is 28.6 Å². The number of ether oxygens (including phenoxy) is 2. The van der Waals surface area contributed by atoms with Crippen LogP contribution in [0.5, 0.6) is 0 Å². The van der Waals surface area contributed by atoms with Crippen LogP contribution in [0.4, 0.5) is 4.79 Å². The molecule has 0 saturated carbocycles. The van der Waals surface area contributed by atoms with Crippen molar-refractivity contribution in [3.8, 4) is 0 Å². The van der Waals surface area contributed by atoms with Gasteiger partial charge >= 0.3 is 12.1 Å². The van der Waals surface area contributed by atoms with Gasteiger partial charge in [-0.15, -0.1) is 0 Å². The summed E-state index contributed by atoms with van der Waals surface area (Å²) in [6.45, 7) is 0.500. The number of cyclic esters (lactones) is 1. The molecule has 2 saturated heterocycles. The van der Waals surface area contributed by atoms with Gasteiger partial charge in [0, 0.05) is 13.1 Å². The molecule has 0 radical (unpaired) electrons. The Kier molecular flexibility index (Phi) is 5.23. The van der Waals surface area contributed by atoms with Crippen molar-refractivity contribution in [2.24, 2.45) is 0 Å². The van der Waals surface area contributed by atoms with Crippen LogP contribution in [0.3, 0.4) is 0 Å². The van der Waals surface area contributed by atoms with Crippen molar-refractivity contribution in [2.75, 3.05) is 32.8 Å². The molecule has 140 valence electrons. The number of carbonyl (C=O) groups is 3. The Hall–Kier alpha value is -2.46. The van der Waals surface area contributed by atoms with Gasteiger partial charge < -0.3 is 9.47 Å². The molecule has 2 heterocycles. The summed E-state index contributed by atoms with van der Waals surface area (Å²) in [4.78, 5) is 36.1. The minimum Gasteiger partial charge on any atom is -0.452 e. The maximum absolute atomic E-state index is 12.5. The molecule has 0 N–H and O–H groups in total. The molecule has 10 heteroatoms. The predicted octanol–water partition coefficient (Wildman–Crippen LogP) is 0.607. The molecule has 0 aromatic heterocycles. The van der Waals surface area contributed by atoms with E-state index in [0.29, 0.717) is 13.1 Å². The van der Waals surface area contributed by atoms with Crippen LogP contribution in [0.25, 0.3) is 0 Å². The van der Waals surface area contributed by atoms with E-state index in [9.17, 15) is 22.8 Å². The molecule has 0 atom stereocenters. The molecule has 2 fully saturated rings. The van der Waals surface area contributed by atoms with Crippen LogP contribution < -0.4 is 0 Å². The number of imide groups is 1. The molecule has 1 aromatic rings. The Morgan fingerprint density at radius 1 is 1.15 bits per heavy atom. The highest BCUT2D eigenvalue weighted by molar-refractivity contribution is 7.89. The van der Waals surface area contributed by atoms with Gasteiger partial charge in [-0.25, -0.2) is 22.9 Å². The molecule has 0 aliphatic carbocycles. The first-order chi connectivity index (χ1) is 12.4. The van der Waals surface area contributed by atoms with Gasteiger partial charge in [0.05, 0.1) is 17.0 Å². The summed E-state index contributed by atoms with van der Waals surface area (Å²) < 4.78 is 36.0. The standard InChI is InChI=1S/C16H18N2O7S/c19-14(18-8-9-24-16(18)21)11-25-15(20)12-4-3-5-13(10-12)26(22,23)17-6-1-2-7-17/h3-5,10H,1-2,6-9,11H2. The average Bonchev–Trinajstić information content (AvgIpc) is 3.31. The molecule has 26 heavy (non-hydrogen) atoms. The normalized spacial score (nSPS) is 18.0. The lowest BCUT2D eigenvalue weighted by Gasteiger charge is -2.16. The highest BCUT2D eigenvalue weighted by Gasteiger charge is 2.30. The Bertz CT molecular complexity index is 831. The number of rotatable bonds is 5. The molecule has 0 bridgehead atoms. The Labute approximate surface area is 150 Å². The summed E-state index contributed by atoms with van der Waals surface area (Å²) in [5, 5.41) is 0. The van der Waals surface area contributed by atoms with Crippen LogP contribution in [0.15, 0.2) is 29.2 Å². The minimum atomic E-state index is -3.66. The largest absolute Gasteiger partial charge is 0.452 e. The number of carbonyl (C=O) groups excluding carboxylic acids is 3. The van der Waals surface area contributed by atoms with E-state index in [2.05, 4.69) is 4.74 Å². The zero-order valence-electron chi connectivity index (χ0n) is 13.9. The molecule has 2 aliphatic heterocycles. The SMILES string of the molecule is O=C(OCC(=O)N1CCOC1=O)c1cccc(S(=O)(=O)N2CCCC2)c1. The molecular formula is C16H18N2O7S. The van der Waals surface area contributed by atoms with Gasteiger partial charge in [0.1, 0.15) is 6.61 Å². The monoisotopic (exact) mass is 382 g/mol. The third-order valence-electron chi connectivity index (χ3n) is 4.16. The van der Waals surface area contributed by atoms with Crippen molar-refractivity contribution >= 4 is 28.0 Å². The maximum atomic E-state index is 12.5. The molecule has 2 aliphatic rings. The van der Waals surface area contributed by atoms with Crippen molar-refractivity contribution < 1.29 is 32.3 Å². The number of nitrogens with zero attached hydrogens (tertiary/aromatic N) is 2. The topological polar surface area (TPSA) is 110 Å². The van der Waals surface area contributed by atoms with Gasteiger partial charge in [-0.3, -0.25) is 4.79 Å². The van der Waals surface area contributed by atoms with Crippen molar-refractivity contribution in [1.29, 1.82) is 0 Å². The Morgan fingerprint density at radius 3 is 2.54 bits per heavy atom. The first-order valence-corrected chi connectivity index (χ1v) is 9.58. The number of hydrogen-bond donors (Lipinski definition) is 0. The summed E-state index contributed by atoms with van der Waals surface area (Å²) >= 11 is 0. The van der Waals surface area contributed by atoms with Crippen LogP contribution in [0.1, 0.15) is 23.2 Å². The first-order valence-electron chi connectivity index (χ1n) is 8.14. The van der Waals surface area contributed by atoms with E-state index in [-0.39, 0.29) is 23.6 Å². The highest BCUT2D eigenvalue weighted by atomic mass is 32.2. The van der Waals surface area contributed by atoms with Gasteiger partial charge in [0.2, 0.25) is 10.0 Å². The van der Waals surface area contributed by atoms with E-state index in [1.807, 2.05) is 0 Å². The van der Waals surface area contributed by atoms with Gasteiger partial charge in [0.25, 0.3) is 5.91 Å². The lowest BCUT2D eigenvalue weighted by Crippen LogP contribution is -2.35. The lowest BCUT2D eigenvalue weighted by atomic mass is 10.2. The number of esters is 1. The number of sulfonamides is 1. The van der Waals surface area contributed by atoms with Crippen molar-refractivity contribution in [3.63, 3.8) is 0 Å². The molecule has 0 unspecified atom stereocenters. The summed E-state index contributed by atoms with van der Waals surface area (Å²) in [7, 11) is -3.66. The number of amides is 2. The fourth-order valence-electron chi connectivity index (χ4n) is 2.77. The van der Waals surface area contributed by atoms with Crippen LogP contribution >= 0.6 is 0 Å². The predicted molar refractivity (Wildman–Crippen MR) is 87.8 cm³/mol. The van der Waals surface area contributed by atoms with Gasteiger partial charge in [-0.1, -0.05) is 6.07 Å². The summed E-state index contributed by atoms with van der Waals surface area (Å²) in [5.41, 5.74) is 0.0158. The molecule has 9 nitrogen and oxygen atoms in total. The molecular weight excluding hydrogens is 364 g/mol. The van der Waals surface area contributed by atoms with Crippen molar-refractivity contribution in [3.05, 3.63) is 29.8 Å². The summed E-state index contributed by atoms with van der Waals surface area (Å²) in [6.07, 6.45) is 0.842. The van der Waals surface area contributed by atoms with E-state index in [1.54, 1.807) is 0 Å². The van der Waals surface area contributed by atoms with Gasteiger partial charge in [-0.05, 0) is 31.0 Å². The summed E-state index contributed by atoms with van der Waals surface area (Å²) in [5.74, 6) is -1.54. The molecule has 0 spiro atoms. The fraction of sp³-hybridized carbons (Fsp3) is 0.438. The number of benzene rings is 1. The third-order valence-corrected chi connectivity index (χ3v) is 6.06. The van der Waals surface area contributed by atoms with Crippen molar-refractivity contribution in [2.45, 2.75) is 17.7 Å². The second-order valence-electron chi connectivity index (χ2n) is 5.87. The Morgan fingerprint density at radius 2 is 1.88 bits per heavy atom. The van der Waals surface area contributed by atoms with E-state index in [0.717, 1.165) is 17.7 Å². The maximum Gasteiger partial charge on any atom is 0.416 e. The average molecular weight is 382 g/mol. The van der Waals surface area contributed by atoms with Crippen LogP contribution in [0, 0.1) is 0 Å². The first kappa shape index (κ1) is 18.3. The van der Waals surface area contributed by atoms with E-state index >= 15 is 0 Å². The van der Waals surface area contributed by atoms with E-state index < -0.39 is 34.6 Å². The van der Waals surface area contributed by atoms with Gasteiger partial charge in [0.15, 0.2) is 6.61 Å². The van der Waals surface area contributed by atoms with Crippen LogP contribution in [-0.2, 0) is 24.3 Å². The third kappa shape index (κ3) is 3.70. The van der Waals surface area contributed by atoms with Gasteiger partial charge in [-0.2, -0.15) is 4.31 Å². The van der Waals surface area contributed by atoms with Crippen molar-refractivity contribution in [1.82, 2.24) is 9.21 Å². The zero-order valence-corrected chi connectivity index (χ0v) is 14.7. The molecule has 1 aromatic carbocycles. The number of hydrogen-bond acceptors (Lipinski definition) is 7. The van der Waals surface area contributed by atoms with E-state index in [4.69, 9.17) is 4.74 Å². The smallest absolute Gasteiger partial charge is 0.416 e. The summed E-state index contributed by atoms with van der Waals surface area (Å²) in [6, 6.07) is 5.49. The Balaban J connectivity index is 1.66. The minimum absolute atomic E-state index is 0.00305. The molecule has 2 amide bonds. The fourth-order valence-corrected chi connectivity index (χ4v) is 4.33.